The van der Waals surface area contributed by atoms with E-state index in [-0.39, 0.29) is 0 Å². The number of aromatic nitrogens is 4. The summed E-state index contributed by atoms with van der Waals surface area (Å²) in [4.78, 5) is 11.0. The summed E-state index contributed by atoms with van der Waals surface area (Å²) < 4.78 is 1.59. The molecule has 0 radical (unpaired) electrons. The van der Waals surface area contributed by atoms with Crippen LogP contribution in [-0.2, 0) is 17.8 Å². The van der Waals surface area contributed by atoms with Gasteiger partial charge in [-0.15, -0.1) is 5.10 Å². The molecule has 0 saturated heterocycles. The topological polar surface area (TPSA) is 80.9 Å². The lowest BCUT2D eigenvalue weighted by Crippen LogP contribution is -2.30. The smallest absolute Gasteiger partial charge is 0.310 e. The first kappa shape index (κ1) is 13.6. The van der Waals surface area contributed by atoms with Crippen LogP contribution < -0.4 is 0 Å². The number of carboxylic acid groups (broad SMARTS) is 1. The Kier molecular flexibility index (Phi) is 4.20. The number of aryl methyl sites for hydroxylation is 1. The highest BCUT2D eigenvalue weighted by atomic mass is 16.4. The number of carboxylic acids is 1. The van der Waals surface area contributed by atoms with Crippen LogP contribution in [0.3, 0.4) is 0 Å². The molecule has 6 heteroatoms. The molecule has 0 atom stereocenters. The lowest BCUT2D eigenvalue weighted by Gasteiger charge is -2.19. The fourth-order valence-electron chi connectivity index (χ4n) is 1.38. The van der Waals surface area contributed by atoms with Gasteiger partial charge >= 0.3 is 5.97 Å². The summed E-state index contributed by atoms with van der Waals surface area (Å²) in [6.45, 7) is 7.90. The first-order chi connectivity index (χ1) is 7.83. The monoisotopic (exact) mass is 240 g/mol. The number of nitrogens with zero attached hydrogens (tertiary/aromatic N) is 4. The SMILES string of the molecule is CC(C)CCc1nnnn1CC(C)(C)C(=O)O. The molecule has 1 aromatic rings. The summed E-state index contributed by atoms with van der Waals surface area (Å²) in [7, 11) is 0. The minimum Gasteiger partial charge on any atom is -0.481 e. The highest BCUT2D eigenvalue weighted by Crippen LogP contribution is 2.18. The molecule has 0 aliphatic heterocycles. The zero-order valence-electron chi connectivity index (χ0n) is 10.8. The van der Waals surface area contributed by atoms with Crippen molar-refractivity contribution in [2.75, 3.05) is 0 Å². The predicted molar refractivity (Wildman–Crippen MR) is 62.4 cm³/mol. The molecule has 0 aromatic carbocycles. The summed E-state index contributed by atoms with van der Waals surface area (Å²) in [5.74, 6) is 0.489. The molecule has 1 heterocycles. The van der Waals surface area contributed by atoms with Crippen LogP contribution >= 0.6 is 0 Å². The molecule has 0 spiro atoms. The second-order valence-electron chi connectivity index (χ2n) is 5.37. The summed E-state index contributed by atoms with van der Waals surface area (Å²) in [6, 6.07) is 0. The fraction of sp³-hybridized carbons (Fsp3) is 0.818. The van der Waals surface area contributed by atoms with Gasteiger partial charge < -0.3 is 5.11 Å². The standard InChI is InChI=1S/C11H20N4O2/c1-8(2)5-6-9-12-13-14-15(9)7-11(3,4)10(16)17/h8H,5-7H2,1-4H3,(H,16,17). The predicted octanol–water partition coefficient (Wildman–Crippen LogP) is 1.37. The van der Waals surface area contributed by atoms with Gasteiger partial charge in [0.25, 0.3) is 0 Å². The van der Waals surface area contributed by atoms with Crippen molar-refractivity contribution in [3.63, 3.8) is 0 Å². The second-order valence-corrected chi connectivity index (χ2v) is 5.37. The zero-order chi connectivity index (χ0) is 13.1. The van der Waals surface area contributed by atoms with E-state index in [0.717, 1.165) is 18.7 Å². The van der Waals surface area contributed by atoms with Gasteiger partial charge in [-0.25, -0.2) is 4.68 Å². The van der Waals surface area contributed by atoms with E-state index in [4.69, 9.17) is 5.11 Å². The highest BCUT2D eigenvalue weighted by Gasteiger charge is 2.29. The minimum absolute atomic E-state index is 0.294. The lowest BCUT2D eigenvalue weighted by molar-refractivity contribution is -0.147. The molecule has 0 saturated carbocycles. The Balaban J connectivity index is 2.72. The Morgan fingerprint density at radius 3 is 2.65 bits per heavy atom. The molecule has 0 amide bonds. The van der Waals surface area contributed by atoms with Crippen molar-refractivity contribution in [1.82, 2.24) is 20.2 Å². The van der Waals surface area contributed by atoms with E-state index < -0.39 is 11.4 Å². The third-order valence-electron chi connectivity index (χ3n) is 2.68. The second kappa shape index (κ2) is 5.25. The molecular weight excluding hydrogens is 220 g/mol. The van der Waals surface area contributed by atoms with Crippen molar-refractivity contribution < 1.29 is 9.90 Å². The third kappa shape index (κ3) is 3.80. The Labute approximate surface area is 101 Å². The first-order valence-electron chi connectivity index (χ1n) is 5.81. The number of hydrogen-bond donors (Lipinski definition) is 1. The van der Waals surface area contributed by atoms with Crippen LogP contribution in [0.15, 0.2) is 0 Å². The van der Waals surface area contributed by atoms with Gasteiger partial charge in [-0.1, -0.05) is 13.8 Å². The molecule has 0 unspecified atom stereocenters. The van der Waals surface area contributed by atoms with E-state index in [2.05, 4.69) is 29.4 Å². The van der Waals surface area contributed by atoms with E-state index in [1.165, 1.54) is 0 Å². The number of tetrazole rings is 1. The van der Waals surface area contributed by atoms with Gasteiger partial charge in [-0.2, -0.15) is 0 Å². The van der Waals surface area contributed by atoms with Gasteiger partial charge in [-0.3, -0.25) is 4.79 Å². The molecule has 0 aliphatic rings. The van der Waals surface area contributed by atoms with E-state index in [1.807, 2.05) is 0 Å². The average Bonchev–Trinajstić information content (AvgIpc) is 2.61. The Bertz CT molecular complexity index is 385. The molecule has 0 aliphatic carbocycles. The molecule has 1 rings (SSSR count). The van der Waals surface area contributed by atoms with Crippen LogP contribution in [0, 0.1) is 11.3 Å². The average molecular weight is 240 g/mol. The van der Waals surface area contributed by atoms with Crippen molar-refractivity contribution in [1.29, 1.82) is 0 Å². The fourth-order valence-corrected chi connectivity index (χ4v) is 1.38. The summed E-state index contributed by atoms with van der Waals surface area (Å²) in [5.41, 5.74) is -0.859. The van der Waals surface area contributed by atoms with Crippen LogP contribution in [0.4, 0.5) is 0 Å². The quantitative estimate of drug-likeness (QED) is 0.812. The number of rotatable bonds is 6. The van der Waals surface area contributed by atoms with E-state index in [0.29, 0.717) is 12.5 Å². The Morgan fingerprint density at radius 1 is 1.47 bits per heavy atom. The molecule has 6 nitrogen and oxygen atoms in total. The van der Waals surface area contributed by atoms with Crippen molar-refractivity contribution in [3.05, 3.63) is 5.82 Å². The molecule has 96 valence electrons. The van der Waals surface area contributed by atoms with Crippen LogP contribution in [0.25, 0.3) is 0 Å². The molecule has 0 bridgehead atoms. The lowest BCUT2D eigenvalue weighted by atomic mass is 9.94. The maximum absolute atomic E-state index is 11.0. The van der Waals surface area contributed by atoms with Crippen molar-refractivity contribution in [2.45, 2.75) is 47.1 Å². The van der Waals surface area contributed by atoms with Gasteiger partial charge in [0.1, 0.15) is 0 Å². The molecule has 17 heavy (non-hydrogen) atoms. The summed E-state index contributed by atoms with van der Waals surface area (Å²) >= 11 is 0. The van der Waals surface area contributed by atoms with Gasteiger partial charge in [0.2, 0.25) is 0 Å². The van der Waals surface area contributed by atoms with Crippen LogP contribution in [0.5, 0.6) is 0 Å². The highest BCUT2D eigenvalue weighted by molar-refractivity contribution is 5.73. The van der Waals surface area contributed by atoms with Crippen molar-refractivity contribution in [2.24, 2.45) is 11.3 Å². The normalized spacial score (nSPS) is 12.1. The minimum atomic E-state index is -0.859. The first-order valence-corrected chi connectivity index (χ1v) is 5.81. The number of hydrogen-bond acceptors (Lipinski definition) is 4. The van der Waals surface area contributed by atoms with Crippen LogP contribution in [0.2, 0.25) is 0 Å². The largest absolute Gasteiger partial charge is 0.481 e. The van der Waals surface area contributed by atoms with Gasteiger partial charge in [-0.05, 0) is 36.6 Å². The number of carbonyl (C=O) groups is 1. The van der Waals surface area contributed by atoms with Gasteiger partial charge in [0.15, 0.2) is 5.82 Å². The molecule has 1 N–H and O–H groups in total. The van der Waals surface area contributed by atoms with Gasteiger partial charge in [0, 0.05) is 6.42 Å². The maximum atomic E-state index is 11.0. The van der Waals surface area contributed by atoms with Crippen LogP contribution in [-0.4, -0.2) is 31.3 Å². The van der Waals surface area contributed by atoms with Crippen molar-refractivity contribution in [3.8, 4) is 0 Å². The maximum Gasteiger partial charge on any atom is 0.310 e. The summed E-state index contributed by atoms with van der Waals surface area (Å²) in [5, 5.41) is 20.5. The zero-order valence-corrected chi connectivity index (χ0v) is 10.8. The van der Waals surface area contributed by atoms with Crippen LogP contribution in [0.1, 0.15) is 39.9 Å². The molecule has 0 fully saturated rings. The molecule has 1 aromatic heterocycles. The van der Waals surface area contributed by atoms with Gasteiger partial charge in [0.05, 0.1) is 12.0 Å². The van der Waals surface area contributed by atoms with Crippen molar-refractivity contribution >= 4 is 5.97 Å². The number of aliphatic carboxylic acids is 1. The molecular formula is C11H20N4O2. The Morgan fingerprint density at radius 2 is 2.12 bits per heavy atom. The third-order valence-corrected chi connectivity index (χ3v) is 2.68. The Hall–Kier alpha value is -1.46. The van der Waals surface area contributed by atoms with E-state index in [9.17, 15) is 4.79 Å². The summed E-state index contributed by atoms with van der Waals surface area (Å²) in [6.07, 6.45) is 1.77. The van der Waals surface area contributed by atoms with E-state index >= 15 is 0 Å². The van der Waals surface area contributed by atoms with E-state index in [1.54, 1.807) is 18.5 Å².